The van der Waals surface area contributed by atoms with Gasteiger partial charge in [0.15, 0.2) is 0 Å². The molecule has 1 atom stereocenters. The molecule has 1 aliphatic heterocycles. The summed E-state index contributed by atoms with van der Waals surface area (Å²) in [6, 6.07) is 2.31. The van der Waals surface area contributed by atoms with Crippen LogP contribution in [0.15, 0.2) is 12.3 Å². The normalized spacial score (nSPS) is 19.0. The minimum Gasteiger partial charge on any atom is -0.444 e. The summed E-state index contributed by atoms with van der Waals surface area (Å²) in [6.07, 6.45) is 2.60. The molecule has 1 saturated heterocycles. The van der Waals surface area contributed by atoms with Crippen LogP contribution in [-0.2, 0) is 4.74 Å². The fraction of sp³-hybridized carbons (Fsp3) is 0.667. The van der Waals surface area contributed by atoms with Crippen LogP contribution < -0.4 is 4.90 Å². The molecule has 0 aromatic carbocycles. The summed E-state index contributed by atoms with van der Waals surface area (Å²) < 4.78 is 5.54. The van der Waals surface area contributed by atoms with E-state index in [0.29, 0.717) is 6.54 Å². The number of anilines is 1. The Hall–Kier alpha value is -1.78. The summed E-state index contributed by atoms with van der Waals surface area (Å²) >= 11 is 0. The van der Waals surface area contributed by atoms with Gasteiger partial charge in [-0.05, 0) is 52.2 Å². The van der Waals surface area contributed by atoms with Crippen LogP contribution in [0, 0.1) is 13.8 Å². The van der Waals surface area contributed by atoms with Crippen molar-refractivity contribution >= 4 is 11.9 Å². The Kier molecular flexibility index (Phi) is 5.17. The fourth-order valence-electron chi connectivity index (χ4n) is 3.00. The van der Waals surface area contributed by atoms with E-state index >= 15 is 0 Å². The van der Waals surface area contributed by atoms with E-state index in [-0.39, 0.29) is 12.1 Å². The van der Waals surface area contributed by atoms with E-state index in [1.54, 1.807) is 0 Å². The number of rotatable bonds is 2. The highest BCUT2D eigenvalue weighted by molar-refractivity contribution is 5.69. The lowest BCUT2D eigenvalue weighted by molar-refractivity contribution is 0.0136. The molecule has 0 bridgehead atoms. The summed E-state index contributed by atoms with van der Waals surface area (Å²) in [6.45, 7) is 14.2. The van der Waals surface area contributed by atoms with Crippen molar-refractivity contribution in [3.05, 3.63) is 23.4 Å². The topological polar surface area (TPSA) is 45.7 Å². The molecule has 1 unspecified atom stereocenters. The van der Waals surface area contributed by atoms with Crippen LogP contribution in [0.2, 0.25) is 0 Å². The molecule has 1 aliphatic rings. The van der Waals surface area contributed by atoms with Crippen molar-refractivity contribution in [3.8, 4) is 0 Å². The van der Waals surface area contributed by atoms with E-state index in [0.717, 1.165) is 25.3 Å². The first-order chi connectivity index (χ1) is 10.7. The van der Waals surface area contributed by atoms with Crippen molar-refractivity contribution in [3.63, 3.8) is 0 Å². The predicted molar refractivity (Wildman–Crippen MR) is 92.9 cm³/mol. The second kappa shape index (κ2) is 6.77. The lowest BCUT2D eigenvalue weighted by atomic mass is 10.1. The van der Waals surface area contributed by atoms with Gasteiger partial charge in [0.2, 0.25) is 0 Å². The minimum atomic E-state index is -0.457. The Morgan fingerprint density at radius 1 is 1.35 bits per heavy atom. The number of pyridine rings is 1. The molecule has 0 aliphatic carbocycles. The van der Waals surface area contributed by atoms with E-state index in [2.05, 4.69) is 36.7 Å². The maximum absolute atomic E-state index is 12.4. The van der Waals surface area contributed by atoms with Crippen molar-refractivity contribution in [2.24, 2.45) is 0 Å². The number of carbonyl (C=O) groups is 1. The molecule has 2 rings (SSSR count). The number of aromatic nitrogens is 1. The van der Waals surface area contributed by atoms with Crippen LogP contribution >= 0.6 is 0 Å². The first kappa shape index (κ1) is 17.6. The molecule has 23 heavy (non-hydrogen) atoms. The first-order valence-electron chi connectivity index (χ1n) is 8.39. The Labute approximate surface area is 139 Å². The van der Waals surface area contributed by atoms with Gasteiger partial charge in [-0.3, -0.25) is 0 Å². The zero-order chi connectivity index (χ0) is 17.2. The van der Waals surface area contributed by atoms with Crippen molar-refractivity contribution in [2.75, 3.05) is 24.5 Å². The lowest BCUT2D eigenvalue weighted by Gasteiger charge is -2.42. The van der Waals surface area contributed by atoms with E-state index in [4.69, 9.17) is 4.74 Å². The van der Waals surface area contributed by atoms with Crippen LogP contribution in [0.25, 0.3) is 0 Å². The van der Waals surface area contributed by atoms with Gasteiger partial charge in [-0.1, -0.05) is 13.0 Å². The highest BCUT2D eigenvalue weighted by Gasteiger charge is 2.33. The Balaban J connectivity index is 2.11. The quantitative estimate of drug-likeness (QED) is 0.836. The third-order valence-corrected chi connectivity index (χ3v) is 4.07. The largest absolute Gasteiger partial charge is 0.444 e. The zero-order valence-corrected chi connectivity index (χ0v) is 15.2. The molecule has 0 spiro atoms. The van der Waals surface area contributed by atoms with Gasteiger partial charge in [0.1, 0.15) is 11.4 Å². The van der Waals surface area contributed by atoms with Crippen molar-refractivity contribution in [1.29, 1.82) is 0 Å². The molecule has 1 aromatic rings. The second-order valence-corrected chi connectivity index (χ2v) is 7.33. The van der Waals surface area contributed by atoms with E-state index < -0.39 is 5.60 Å². The number of hydrogen-bond acceptors (Lipinski definition) is 4. The average Bonchev–Trinajstić information content (AvgIpc) is 2.44. The molecule has 1 aromatic heterocycles. The number of amides is 1. The fourth-order valence-corrected chi connectivity index (χ4v) is 3.00. The summed E-state index contributed by atoms with van der Waals surface area (Å²) in [5, 5.41) is 0. The van der Waals surface area contributed by atoms with Gasteiger partial charge in [-0.2, -0.15) is 0 Å². The molecule has 2 heterocycles. The van der Waals surface area contributed by atoms with Crippen molar-refractivity contribution in [1.82, 2.24) is 9.88 Å². The number of ether oxygens (including phenoxy) is 1. The van der Waals surface area contributed by atoms with E-state index in [1.165, 1.54) is 11.1 Å². The zero-order valence-electron chi connectivity index (χ0n) is 15.2. The Morgan fingerprint density at radius 3 is 2.61 bits per heavy atom. The SMILES string of the molecule is CCC1CN(c2ncc(C)cc2C)CCN1C(=O)OC(C)(C)C. The molecule has 0 saturated carbocycles. The van der Waals surface area contributed by atoms with Crippen LogP contribution in [-0.4, -0.2) is 47.3 Å². The van der Waals surface area contributed by atoms with Gasteiger partial charge >= 0.3 is 6.09 Å². The molecular formula is C18H29N3O2. The van der Waals surface area contributed by atoms with Crippen LogP contribution in [0.1, 0.15) is 45.2 Å². The summed E-state index contributed by atoms with van der Waals surface area (Å²) in [5.74, 6) is 1.03. The van der Waals surface area contributed by atoms with Crippen molar-refractivity contribution in [2.45, 2.75) is 59.6 Å². The number of nitrogens with zero attached hydrogens (tertiary/aromatic N) is 3. The second-order valence-electron chi connectivity index (χ2n) is 7.33. The lowest BCUT2D eigenvalue weighted by Crippen LogP contribution is -2.56. The number of carbonyl (C=O) groups excluding carboxylic acids is 1. The van der Waals surface area contributed by atoms with Gasteiger partial charge in [-0.25, -0.2) is 9.78 Å². The average molecular weight is 319 g/mol. The smallest absolute Gasteiger partial charge is 0.410 e. The third kappa shape index (κ3) is 4.36. The molecule has 1 amide bonds. The predicted octanol–water partition coefficient (Wildman–Crippen LogP) is 3.53. The minimum absolute atomic E-state index is 0.154. The molecule has 5 heteroatoms. The maximum atomic E-state index is 12.4. The molecule has 0 radical (unpaired) electrons. The Morgan fingerprint density at radius 2 is 2.04 bits per heavy atom. The van der Waals surface area contributed by atoms with Crippen molar-refractivity contribution < 1.29 is 9.53 Å². The number of piperazine rings is 1. The van der Waals surface area contributed by atoms with Crippen LogP contribution in [0.4, 0.5) is 10.6 Å². The summed E-state index contributed by atoms with van der Waals surface area (Å²) in [5.41, 5.74) is 1.90. The molecular weight excluding hydrogens is 290 g/mol. The van der Waals surface area contributed by atoms with Gasteiger partial charge in [0.05, 0.1) is 6.04 Å². The highest BCUT2D eigenvalue weighted by atomic mass is 16.6. The first-order valence-corrected chi connectivity index (χ1v) is 8.39. The van der Waals surface area contributed by atoms with Gasteiger partial charge in [0, 0.05) is 25.8 Å². The monoisotopic (exact) mass is 319 g/mol. The maximum Gasteiger partial charge on any atom is 0.410 e. The standard InChI is InChI=1S/C18H29N3O2/c1-7-15-12-20(16-14(3)10-13(2)11-19-16)8-9-21(15)17(22)23-18(4,5)6/h10-11,15H,7-9,12H2,1-6H3. The number of hydrogen-bond donors (Lipinski definition) is 0. The number of aryl methyl sites for hydroxylation is 2. The van der Waals surface area contributed by atoms with Gasteiger partial charge in [-0.15, -0.1) is 0 Å². The van der Waals surface area contributed by atoms with Gasteiger partial charge < -0.3 is 14.5 Å². The summed E-state index contributed by atoms with van der Waals surface area (Å²) in [4.78, 5) is 21.1. The molecule has 128 valence electrons. The van der Waals surface area contributed by atoms with E-state index in [9.17, 15) is 4.79 Å². The van der Waals surface area contributed by atoms with Gasteiger partial charge in [0.25, 0.3) is 0 Å². The van der Waals surface area contributed by atoms with Crippen LogP contribution in [0.3, 0.4) is 0 Å². The molecule has 0 N–H and O–H groups in total. The Bertz CT molecular complexity index is 566. The summed E-state index contributed by atoms with van der Waals surface area (Å²) in [7, 11) is 0. The van der Waals surface area contributed by atoms with E-state index in [1.807, 2.05) is 31.9 Å². The highest BCUT2D eigenvalue weighted by Crippen LogP contribution is 2.24. The van der Waals surface area contributed by atoms with Crippen LogP contribution in [0.5, 0.6) is 0 Å². The molecule has 5 nitrogen and oxygen atoms in total. The third-order valence-electron chi connectivity index (χ3n) is 4.07. The molecule has 1 fully saturated rings.